The van der Waals surface area contributed by atoms with Gasteiger partial charge in [-0.15, -0.1) is 11.3 Å². The van der Waals surface area contributed by atoms with E-state index in [1.165, 1.54) is 0 Å². The van der Waals surface area contributed by atoms with Gasteiger partial charge in [0.15, 0.2) is 5.78 Å². The van der Waals surface area contributed by atoms with Gasteiger partial charge in [-0.25, -0.2) is 4.79 Å². The molecule has 0 atom stereocenters. The van der Waals surface area contributed by atoms with Crippen molar-refractivity contribution in [3.63, 3.8) is 0 Å². The van der Waals surface area contributed by atoms with Crippen LogP contribution in [0.1, 0.15) is 32.6 Å². The van der Waals surface area contributed by atoms with Crippen LogP contribution >= 0.6 is 11.3 Å². The summed E-state index contributed by atoms with van der Waals surface area (Å²) in [7, 11) is 0. The first-order valence-electron chi connectivity index (χ1n) is 7.45. The Hall–Kier alpha value is -2.40. The van der Waals surface area contributed by atoms with E-state index in [9.17, 15) is 9.59 Å². The third-order valence-corrected chi connectivity index (χ3v) is 4.58. The van der Waals surface area contributed by atoms with Crippen LogP contribution in [0.15, 0.2) is 42.5 Å². The first-order chi connectivity index (χ1) is 11.1. The fourth-order valence-corrected chi connectivity index (χ4v) is 3.53. The number of hydrogen-bond donors (Lipinski definition) is 0. The van der Waals surface area contributed by atoms with Crippen LogP contribution in [0, 0.1) is 6.92 Å². The molecule has 3 aromatic rings. The van der Waals surface area contributed by atoms with Gasteiger partial charge < -0.3 is 9.30 Å². The topological polar surface area (TPSA) is 48.3 Å². The number of hydrogen-bond acceptors (Lipinski definition) is 4. The van der Waals surface area contributed by atoms with Gasteiger partial charge in [0, 0.05) is 10.4 Å². The van der Waals surface area contributed by atoms with E-state index in [-0.39, 0.29) is 12.3 Å². The lowest BCUT2D eigenvalue weighted by atomic mass is 10.1. The van der Waals surface area contributed by atoms with Crippen molar-refractivity contribution in [1.29, 1.82) is 0 Å². The molecule has 0 bridgehead atoms. The number of ether oxygens (including phenoxy) is 1. The first-order valence-corrected chi connectivity index (χ1v) is 8.27. The second-order valence-electron chi connectivity index (χ2n) is 5.23. The molecule has 0 fully saturated rings. The molecule has 0 N–H and O–H groups in total. The highest BCUT2D eigenvalue weighted by Gasteiger charge is 2.20. The van der Waals surface area contributed by atoms with Crippen molar-refractivity contribution in [1.82, 2.24) is 4.57 Å². The maximum absolute atomic E-state index is 12.5. The van der Waals surface area contributed by atoms with Gasteiger partial charge in [-0.3, -0.25) is 4.79 Å². The molecular weight excluding hydrogens is 310 g/mol. The van der Waals surface area contributed by atoms with Gasteiger partial charge in [-0.2, -0.15) is 0 Å². The number of carbonyl (C=O) groups is 2. The Labute approximate surface area is 138 Å². The minimum absolute atomic E-state index is 0.0301. The molecule has 5 heteroatoms. The number of thiophene rings is 1. The van der Waals surface area contributed by atoms with Crippen LogP contribution in [0.25, 0.3) is 10.2 Å². The predicted molar refractivity (Wildman–Crippen MR) is 91.3 cm³/mol. The smallest absolute Gasteiger partial charge is 0.355 e. The van der Waals surface area contributed by atoms with Crippen LogP contribution in [-0.2, 0) is 11.3 Å². The monoisotopic (exact) mass is 327 g/mol. The zero-order chi connectivity index (χ0) is 16.4. The molecule has 0 aliphatic carbocycles. The summed E-state index contributed by atoms with van der Waals surface area (Å²) < 4.78 is 7.87. The molecule has 0 amide bonds. The minimum atomic E-state index is -0.394. The largest absolute Gasteiger partial charge is 0.461 e. The van der Waals surface area contributed by atoms with E-state index >= 15 is 0 Å². The summed E-state index contributed by atoms with van der Waals surface area (Å²) in [5.41, 5.74) is 1.97. The van der Waals surface area contributed by atoms with Gasteiger partial charge in [-0.1, -0.05) is 30.3 Å². The predicted octanol–water partition coefficient (Wildman–Crippen LogP) is 4.07. The molecule has 0 aliphatic rings. The van der Waals surface area contributed by atoms with Gasteiger partial charge >= 0.3 is 5.97 Å². The molecule has 0 spiro atoms. The lowest BCUT2D eigenvalue weighted by molar-refractivity contribution is 0.0514. The highest BCUT2D eigenvalue weighted by molar-refractivity contribution is 7.19. The molecule has 0 saturated heterocycles. The molecule has 3 rings (SSSR count). The summed E-state index contributed by atoms with van der Waals surface area (Å²) >= 11 is 1.61. The minimum Gasteiger partial charge on any atom is -0.461 e. The number of rotatable bonds is 5. The summed E-state index contributed by atoms with van der Waals surface area (Å²) in [4.78, 5) is 25.9. The Bertz CT molecular complexity index is 861. The van der Waals surface area contributed by atoms with Crippen LogP contribution < -0.4 is 0 Å². The first kappa shape index (κ1) is 15.5. The van der Waals surface area contributed by atoms with E-state index in [0.29, 0.717) is 17.9 Å². The lowest BCUT2D eigenvalue weighted by Crippen LogP contribution is -2.17. The normalized spacial score (nSPS) is 10.9. The molecule has 0 saturated carbocycles. The molecule has 118 valence electrons. The van der Waals surface area contributed by atoms with E-state index in [0.717, 1.165) is 15.1 Å². The van der Waals surface area contributed by atoms with Gasteiger partial charge in [0.05, 0.1) is 23.4 Å². The van der Waals surface area contributed by atoms with Crippen molar-refractivity contribution >= 4 is 33.3 Å². The van der Waals surface area contributed by atoms with Gasteiger partial charge in [0.25, 0.3) is 0 Å². The Balaban J connectivity index is 2.01. The molecule has 4 nitrogen and oxygen atoms in total. The van der Waals surface area contributed by atoms with E-state index in [1.807, 2.05) is 37.3 Å². The van der Waals surface area contributed by atoms with Crippen molar-refractivity contribution in [3.8, 4) is 0 Å². The fourth-order valence-electron chi connectivity index (χ4n) is 2.57. The Kier molecular flexibility index (Phi) is 4.30. The quantitative estimate of drug-likeness (QED) is 0.524. The van der Waals surface area contributed by atoms with E-state index < -0.39 is 5.97 Å². The highest BCUT2D eigenvalue weighted by Crippen LogP contribution is 2.29. The molecule has 1 aromatic carbocycles. The summed E-state index contributed by atoms with van der Waals surface area (Å²) in [5.74, 6) is -0.424. The average molecular weight is 327 g/mol. The van der Waals surface area contributed by atoms with Crippen LogP contribution in [0.2, 0.25) is 0 Å². The number of carbonyl (C=O) groups excluding carboxylic acids is 2. The number of ketones is 1. The lowest BCUT2D eigenvalue weighted by Gasteiger charge is -2.09. The summed E-state index contributed by atoms with van der Waals surface area (Å²) in [5, 5.41) is 0. The summed E-state index contributed by atoms with van der Waals surface area (Å²) in [6, 6.07) is 12.9. The van der Waals surface area contributed by atoms with Crippen molar-refractivity contribution in [3.05, 3.63) is 58.6 Å². The standard InChI is InChI=1S/C18H17NO3S/c1-3-22-18(21)15-10-17-14(9-12(2)23-17)19(15)11-16(20)13-7-5-4-6-8-13/h4-10H,3,11H2,1-2H3. The third kappa shape index (κ3) is 3.05. The molecule has 0 unspecified atom stereocenters. The maximum atomic E-state index is 12.5. The molecule has 2 heterocycles. The fraction of sp³-hybridized carbons (Fsp3) is 0.222. The van der Waals surface area contributed by atoms with Crippen LogP contribution in [-0.4, -0.2) is 22.9 Å². The number of aromatic nitrogens is 1. The van der Waals surface area contributed by atoms with Crippen LogP contribution in [0.5, 0.6) is 0 Å². The Morgan fingerprint density at radius 1 is 1.17 bits per heavy atom. The summed E-state index contributed by atoms with van der Waals surface area (Å²) in [6.45, 7) is 4.21. The molecular formula is C18H17NO3S. The summed E-state index contributed by atoms with van der Waals surface area (Å²) in [6.07, 6.45) is 0. The third-order valence-electron chi connectivity index (χ3n) is 3.59. The van der Waals surface area contributed by atoms with Crippen LogP contribution in [0.3, 0.4) is 0 Å². The number of nitrogens with zero attached hydrogens (tertiary/aromatic N) is 1. The highest BCUT2D eigenvalue weighted by atomic mass is 32.1. The van der Waals surface area contributed by atoms with Crippen LogP contribution in [0.4, 0.5) is 0 Å². The Morgan fingerprint density at radius 3 is 2.61 bits per heavy atom. The average Bonchev–Trinajstić information content (AvgIpc) is 3.06. The molecule has 2 aromatic heterocycles. The van der Waals surface area contributed by atoms with Crippen molar-refractivity contribution < 1.29 is 14.3 Å². The second kappa shape index (κ2) is 6.38. The SMILES string of the molecule is CCOC(=O)c1cc2sc(C)cc2n1CC(=O)c1ccccc1. The van der Waals surface area contributed by atoms with Crippen molar-refractivity contribution in [2.24, 2.45) is 0 Å². The van der Waals surface area contributed by atoms with Gasteiger partial charge in [0.2, 0.25) is 0 Å². The van der Waals surface area contributed by atoms with Gasteiger partial charge in [0.1, 0.15) is 5.69 Å². The van der Waals surface area contributed by atoms with Crippen molar-refractivity contribution in [2.45, 2.75) is 20.4 Å². The zero-order valence-electron chi connectivity index (χ0n) is 13.0. The zero-order valence-corrected chi connectivity index (χ0v) is 13.9. The number of Topliss-reactive ketones (excluding diaryl/α,β-unsaturated/α-hetero) is 1. The second-order valence-corrected chi connectivity index (χ2v) is 6.52. The maximum Gasteiger partial charge on any atom is 0.355 e. The molecule has 0 aliphatic heterocycles. The molecule has 23 heavy (non-hydrogen) atoms. The van der Waals surface area contributed by atoms with E-state index in [4.69, 9.17) is 4.74 Å². The Morgan fingerprint density at radius 2 is 1.91 bits per heavy atom. The number of fused-ring (bicyclic) bond motifs is 1. The van der Waals surface area contributed by atoms with Gasteiger partial charge in [-0.05, 0) is 26.0 Å². The van der Waals surface area contributed by atoms with E-state index in [2.05, 4.69) is 0 Å². The van der Waals surface area contributed by atoms with E-state index in [1.54, 1.807) is 35.0 Å². The number of aryl methyl sites for hydroxylation is 1. The number of benzene rings is 1. The number of esters is 1. The molecule has 0 radical (unpaired) electrons. The van der Waals surface area contributed by atoms with Crippen molar-refractivity contribution in [2.75, 3.05) is 6.61 Å².